The van der Waals surface area contributed by atoms with Gasteiger partial charge in [-0.3, -0.25) is 9.59 Å². The molecule has 1 aromatic heterocycles. The van der Waals surface area contributed by atoms with Gasteiger partial charge in [-0.05, 0) is 25.8 Å². The summed E-state index contributed by atoms with van der Waals surface area (Å²) in [6.07, 6.45) is 3.33. The van der Waals surface area contributed by atoms with Gasteiger partial charge >= 0.3 is 5.97 Å². The summed E-state index contributed by atoms with van der Waals surface area (Å²) in [4.78, 5) is 24.3. The van der Waals surface area contributed by atoms with Crippen molar-refractivity contribution < 1.29 is 19.1 Å². The van der Waals surface area contributed by atoms with E-state index < -0.39 is 5.97 Å². The molecule has 0 atom stereocenters. The number of aryl methyl sites for hydroxylation is 1. The third-order valence-corrected chi connectivity index (χ3v) is 2.79. The van der Waals surface area contributed by atoms with Gasteiger partial charge < -0.3 is 14.4 Å². The summed E-state index contributed by atoms with van der Waals surface area (Å²) in [6, 6.07) is 1.88. The van der Waals surface area contributed by atoms with Gasteiger partial charge in [-0.2, -0.15) is 0 Å². The van der Waals surface area contributed by atoms with Crippen molar-refractivity contribution in [2.24, 2.45) is 0 Å². The normalized spacial score (nSPS) is 14.6. The third kappa shape index (κ3) is 2.87. The number of amides is 1. The van der Waals surface area contributed by atoms with Gasteiger partial charge in [-0.1, -0.05) is 0 Å². The van der Waals surface area contributed by atoms with Crippen LogP contribution in [0.4, 0.5) is 0 Å². The molecule has 0 saturated heterocycles. The number of nitrogens with zero attached hydrogens (tertiary/aromatic N) is 1. The molecule has 0 bridgehead atoms. The summed E-state index contributed by atoms with van der Waals surface area (Å²) in [7, 11) is 0. The molecule has 5 nitrogen and oxygen atoms in total. The van der Waals surface area contributed by atoms with Crippen LogP contribution in [0.5, 0.6) is 0 Å². The lowest BCUT2D eigenvalue weighted by atomic mass is 10.2. The Labute approximate surface area is 99.0 Å². The summed E-state index contributed by atoms with van der Waals surface area (Å²) in [5, 5.41) is 8.66. The first-order valence-electron chi connectivity index (χ1n) is 5.66. The van der Waals surface area contributed by atoms with Gasteiger partial charge in [0.1, 0.15) is 12.0 Å². The van der Waals surface area contributed by atoms with Gasteiger partial charge in [-0.25, -0.2) is 0 Å². The molecule has 0 spiro atoms. The Morgan fingerprint density at radius 3 is 2.71 bits per heavy atom. The Bertz CT molecular complexity index is 433. The highest BCUT2D eigenvalue weighted by Crippen LogP contribution is 2.28. The fraction of sp³-hybridized carbons (Fsp3) is 0.500. The second-order valence-electron chi connectivity index (χ2n) is 4.32. The van der Waals surface area contributed by atoms with Crippen molar-refractivity contribution in [3.05, 3.63) is 23.7 Å². The third-order valence-electron chi connectivity index (χ3n) is 2.79. The highest BCUT2D eigenvalue weighted by atomic mass is 16.4. The van der Waals surface area contributed by atoms with E-state index in [-0.39, 0.29) is 24.9 Å². The molecule has 0 unspecified atom stereocenters. The highest BCUT2D eigenvalue weighted by Gasteiger charge is 2.33. The number of hydrogen-bond acceptors (Lipinski definition) is 3. The van der Waals surface area contributed by atoms with Crippen molar-refractivity contribution in [3.8, 4) is 0 Å². The summed E-state index contributed by atoms with van der Waals surface area (Å²) in [5.41, 5.74) is 0.500. The van der Waals surface area contributed by atoms with E-state index in [1.54, 1.807) is 17.9 Å². The molecular formula is C12H15NO4. The Kier molecular flexibility index (Phi) is 3.17. The van der Waals surface area contributed by atoms with E-state index in [0.29, 0.717) is 11.3 Å². The van der Waals surface area contributed by atoms with Crippen LogP contribution >= 0.6 is 0 Å². The van der Waals surface area contributed by atoms with Gasteiger partial charge in [0.2, 0.25) is 0 Å². The lowest BCUT2D eigenvalue weighted by molar-refractivity contribution is -0.137. The van der Waals surface area contributed by atoms with E-state index in [2.05, 4.69) is 0 Å². The number of furan rings is 1. The number of rotatable bonds is 5. The first-order valence-corrected chi connectivity index (χ1v) is 5.66. The second kappa shape index (κ2) is 4.61. The summed E-state index contributed by atoms with van der Waals surface area (Å²) in [6.45, 7) is 2.04. The van der Waals surface area contributed by atoms with Gasteiger partial charge in [0.15, 0.2) is 0 Å². The van der Waals surface area contributed by atoms with Crippen LogP contribution in [0.25, 0.3) is 0 Å². The fourth-order valence-corrected chi connectivity index (χ4v) is 1.77. The fourth-order valence-electron chi connectivity index (χ4n) is 1.77. The minimum Gasteiger partial charge on any atom is -0.481 e. The monoisotopic (exact) mass is 237 g/mol. The van der Waals surface area contributed by atoms with Crippen molar-refractivity contribution in [3.63, 3.8) is 0 Å². The zero-order valence-electron chi connectivity index (χ0n) is 9.68. The standard InChI is InChI=1S/C12H15NO4/c1-8-6-9(7-17-8)12(16)13(10-2-3-10)5-4-11(14)15/h6-7,10H,2-5H2,1H3,(H,14,15). The van der Waals surface area contributed by atoms with E-state index in [9.17, 15) is 9.59 Å². The Balaban J connectivity index is 2.05. The van der Waals surface area contributed by atoms with E-state index in [4.69, 9.17) is 9.52 Å². The number of hydrogen-bond donors (Lipinski definition) is 1. The zero-order valence-corrected chi connectivity index (χ0v) is 9.68. The van der Waals surface area contributed by atoms with Crippen LogP contribution in [0.15, 0.2) is 16.7 Å². The van der Waals surface area contributed by atoms with Gasteiger partial charge in [0.05, 0.1) is 12.0 Å². The van der Waals surface area contributed by atoms with Gasteiger partial charge in [-0.15, -0.1) is 0 Å². The minimum atomic E-state index is -0.883. The SMILES string of the molecule is Cc1cc(C(=O)N(CCC(=O)O)C2CC2)co1. The number of carboxylic acid groups (broad SMARTS) is 1. The maximum Gasteiger partial charge on any atom is 0.305 e. The van der Waals surface area contributed by atoms with Crippen molar-refractivity contribution in [2.45, 2.75) is 32.2 Å². The molecule has 1 aliphatic rings. The zero-order chi connectivity index (χ0) is 12.4. The summed E-state index contributed by atoms with van der Waals surface area (Å²) >= 11 is 0. The maximum atomic E-state index is 12.1. The molecule has 1 fully saturated rings. The first kappa shape index (κ1) is 11.7. The van der Waals surface area contributed by atoms with E-state index >= 15 is 0 Å². The number of carbonyl (C=O) groups excluding carboxylic acids is 1. The molecule has 0 aromatic carbocycles. The molecule has 17 heavy (non-hydrogen) atoms. The van der Waals surface area contributed by atoms with Crippen molar-refractivity contribution in [2.75, 3.05) is 6.54 Å². The molecule has 1 heterocycles. The molecule has 92 valence electrons. The van der Waals surface area contributed by atoms with Crippen molar-refractivity contribution >= 4 is 11.9 Å². The van der Waals surface area contributed by atoms with Crippen LogP contribution < -0.4 is 0 Å². The predicted octanol–water partition coefficient (Wildman–Crippen LogP) is 1.67. The molecular weight excluding hydrogens is 222 g/mol. The average Bonchev–Trinajstić information content (AvgIpc) is 3.00. The van der Waals surface area contributed by atoms with Crippen LogP contribution in [0.2, 0.25) is 0 Å². The van der Waals surface area contributed by atoms with E-state index in [1.807, 2.05) is 0 Å². The number of aliphatic carboxylic acids is 1. The van der Waals surface area contributed by atoms with Crippen molar-refractivity contribution in [1.82, 2.24) is 4.90 Å². The Morgan fingerprint density at radius 1 is 1.53 bits per heavy atom. The molecule has 0 radical (unpaired) electrons. The number of carboxylic acids is 1. The van der Waals surface area contributed by atoms with E-state index in [1.165, 1.54) is 6.26 Å². The molecule has 1 saturated carbocycles. The first-order chi connectivity index (χ1) is 8.08. The highest BCUT2D eigenvalue weighted by molar-refractivity contribution is 5.94. The average molecular weight is 237 g/mol. The summed E-state index contributed by atoms with van der Waals surface area (Å²) < 4.78 is 5.10. The van der Waals surface area contributed by atoms with Crippen molar-refractivity contribution in [1.29, 1.82) is 0 Å². The van der Waals surface area contributed by atoms with Crippen LogP contribution in [0.3, 0.4) is 0 Å². The quantitative estimate of drug-likeness (QED) is 0.845. The van der Waals surface area contributed by atoms with Crippen LogP contribution in [-0.4, -0.2) is 34.5 Å². The van der Waals surface area contributed by atoms with Crippen LogP contribution in [0.1, 0.15) is 35.4 Å². The minimum absolute atomic E-state index is 0.0148. The largest absolute Gasteiger partial charge is 0.481 e. The van der Waals surface area contributed by atoms with Crippen LogP contribution in [0, 0.1) is 6.92 Å². The predicted molar refractivity (Wildman–Crippen MR) is 59.8 cm³/mol. The van der Waals surface area contributed by atoms with E-state index in [0.717, 1.165) is 12.8 Å². The molecule has 1 amide bonds. The molecule has 1 aromatic rings. The topological polar surface area (TPSA) is 70.8 Å². The van der Waals surface area contributed by atoms with Crippen LogP contribution in [-0.2, 0) is 4.79 Å². The van der Waals surface area contributed by atoms with Gasteiger partial charge in [0, 0.05) is 12.6 Å². The smallest absolute Gasteiger partial charge is 0.305 e. The van der Waals surface area contributed by atoms with Gasteiger partial charge in [0.25, 0.3) is 5.91 Å². The maximum absolute atomic E-state index is 12.1. The molecule has 1 aliphatic carbocycles. The number of carbonyl (C=O) groups is 2. The Morgan fingerprint density at radius 2 is 2.24 bits per heavy atom. The molecule has 2 rings (SSSR count). The molecule has 0 aliphatic heterocycles. The summed E-state index contributed by atoms with van der Waals surface area (Å²) in [5.74, 6) is -0.334. The lowest BCUT2D eigenvalue weighted by Gasteiger charge is -2.20. The lowest BCUT2D eigenvalue weighted by Crippen LogP contribution is -2.34. The molecule has 5 heteroatoms. The second-order valence-corrected chi connectivity index (χ2v) is 4.32. The Hall–Kier alpha value is -1.78. The molecule has 1 N–H and O–H groups in total.